The molecule has 0 N–H and O–H groups in total. The fourth-order valence-corrected chi connectivity index (χ4v) is 6.72. The molecule has 3 aromatic rings. The summed E-state index contributed by atoms with van der Waals surface area (Å²) in [4.78, 5) is 17.1. The number of piperazine rings is 1. The van der Waals surface area contributed by atoms with Gasteiger partial charge in [0, 0.05) is 31.6 Å². The molecule has 0 radical (unpaired) electrons. The number of fused-ring (bicyclic) bond motifs is 1. The number of hydrogen-bond acceptors (Lipinski definition) is 7. The zero-order chi connectivity index (χ0) is 23.3. The van der Waals surface area contributed by atoms with Gasteiger partial charge in [-0.1, -0.05) is 12.1 Å². The molecule has 0 aliphatic carbocycles. The van der Waals surface area contributed by atoms with E-state index in [0.717, 1.165) is 22.5 Å². The van der Waals surface area contributed by atoms with Crippen molar-refractivity contribution in [3.8, 4) is 5.75 Å². The molecule has 176 valence electrons. The van der Waals surface area contributed by atoms with Crippen molar-refractivity contribution in [3.63, 3.8) is 0 Å². The maximum Gasteiger partial charge on any atom is 0.289 e. The van der Waals surface area contributed by atoms with E-state index in [1.807, 2.05) is 36.7 Å². The molecule has 2 saturated heterocycles. The Kier molecular flexibility index (Phi) is 5.35. The summed E-state index contributed by atoms with van der Waals surface area (Å²) in [6.07, 6.45) is 0.605. The smallest absolute Gasteiger partial charge is 0.289 e. The van der Waals surface area contributed by atoms with E-state index in [0.29, 0.717) is 49.7 Å². The van der Waals surface area contributed by atoms with Crippen molar-refractivity contribution in [1.82, 2.24) is 14.7 Å². The summed E-state index contributed by atoms with van der Waals surface area (Å²) >= 11 is 0. The summed E-state index contributed by atoms with van der Waals surface area (Å²) in [5.41, 5.74) is 3.49. The fourth-order valence-electron chi connectivity index (χ4n) is 5.03. The highest BCUT2D eigenvalue weighted by atomic mass is 32.2. The number of ether oxygens (including phenoxy) is 1. The second-order valence-electron chi connectivity index (χ2n) is 8.79. The maximum atomic E-state index is 13.1. The minimum absolute atomic E-state index is 0.101. The topological polar surface area (TPSA) is 97.9 Å². The number of furan rings is 1. The number of carbonyl (C=O) groups is 1. The third-order valence-corrected chi connectivity index (χ3v) is 8.41. The first-order valence-corrected chi connectivity index (χ1v) is 13.0. The first kappa shape index (κ1) is 21.8. The predicted octanol–water partition coefficient (Wildman–Crippen LogP) is 2.58. The standard InChI is InChI=1S/C23H28N4O5S/c1-15-21(16(2)27(24-15)18-7-12-33(29,30)14-18)25-8-10-26(11-9-25)23(28)20-13-17-5-4-6-19(31-3)22(17)32-20/h4-6,13,18H,7-12,14H2,1-3H3. The summed E-state index contributed by atoms with van der Waals surface area (Å²) in [6.45, 7) is 6.43. The van der Waals surface area contributed by atoms with Gasteiger partial charge in [0.25, 0.3) is 5.91 Å². The summed E-state index contributed by atoms with van der Waals surface area (Å²) in [5, 5.41) is 5.52. The van der Waals surface area contributed by atoms with Gasteiger partial charge in [-0.15, -0.1) is 0 Å². The highest BCUT2D eigenvalue weighted by Gasteiger charge is 2.33. The predicted molar refractivity (Wildman–Crippen MR) is 125 cm³/mol. The van der Waals surface area contributed by atoms with E-state index >= 15 is 0 Å². The number of aromatic nitrogens is 2. The number of para-hydroxylation sites is 1. The molecule has 2 aliphatic rings. The van der Waals surface area contributed by atoms with Crippen LogP contribution in [-0.4, -0.2) is 73.8 Å². The molecule has 0 saturated carbocycles. The third kappa shape index (κ3) is 3.86. The normalized spacial score (nSPS) is 20.5. The number of amides is 1. The lowest BCUT2D eigenvalue weighted by Gasteiger charge is -2.36. The number of carbonyl (C=O) groups excluding carboxylic acids is 1. The average molecular weight is 473 g/mol. The minimum Gasteiger partial charge on any atom is -0.493 e. The quantitative estimate of drug-likeness (QED) is 0.576. The van der Waals surface area contributed by atoms with Crippen molar-refractivity contribution in [3.05, 3.63) is 41.4 Å². The van der Waals surface area contributed by atoms with Crippen molar-refractivity contribution in [2.45, 2.75) is 26.3 Å². The number of anilines is 1. The van der Waals surface area contributed by atoms with Gasteiger partial charge >= 0.3 is 0 Å². The molecule has 1 unspecified atom stereocenters. The van der Waals surface area contributed by atoms with Crippen LogP contribution in [0.2, 0.25) is 0 Å². The summed E-state index contributed by atoms with van der Waals surface area (Å²) < 4.78 is 36.9. The van der Waals surface area contributed by atoms with E-state index in [9.17, 15) is 13.2 Å². The zero-order valence-electron chi connectivity index (χ0n) is 19.1. The number of hydrogen-bond donors (Lipinski definition) is 0. The highest BCUT2D eigenvalue weighted by Crippen LogP contribution is 2.32. The Bertz CT molecular complexity index is 1320. The SMILES string of the molecule is COc1cccc2cc(C(=O)N3CCN(c4c(C)nn(C5CCS(=O)(=O)C5)c4C)CC3)oc12. The Balaban J connectivity index is 1.30. The first-order valence-electron chi connectivity index (χ1n) is 11.1. The molecule has 1 aromatic carbocycles. The number of benzene rings is 1. The van der Waals surface area contributed by atoms with Gasteiger partial charge in [-0.2, -0.15) is 5.10 Å². The summed E-state index contributed by atoms with van der Waals surface area (Å²) in [5.74, 6) is 1.16. The van der Waals surface area contributed by atoms with Crippen LogP contribution in [0.1, 0.15) is 34.4 Å². The Hall–Kier alpha value is -3.01. The molecule has 10 heteroatoms. The van der Waals surface area contributed by atoms with Crippen molar-refractivity contribution in [1.29, 1.82) is 0 Å². The number of rotatable bonds is 4. The van der Waals surface area contributed by atoms with Gasteiger partial charge in [-0.3, -0.25) is 9.48 Å². The summed E-state index contributed by atoms with van der Waals surface area (Å²) in [6, 6.07) is 7.24. The molecule has 2 aliphatic heterocycles. The monoisotopic (exact) mass is 472 g/mol. The lowest BCUT2D eigenvalue weighted by molar-refractivity contribution is 0.0717. The second-order valence-corrected chi connectivity index (χ2v) is 11.0. The van der Waals surface area contributed by atoms with Gasteiger partial charge in [-0.25, -0.2) is 8.42 Å². The molecule has 1 amide bonds. The Morgan fingerprint density at radius 1 is 1.18 bits per heavy atom. The Labute approximate surface area is 192 Å². The lowest BCUT2D eigenvalue weighted by atomic mass is 10.2. The molecule has 4 heterocycles. The second kappa shape index (κ2) is 8.09. The van der Waals surface area contributed by atoms with Crippen LogP contribution in [0.5, 0.6) is 5.75 Å². The molecule has 2 aromatic heterocycles. The highest BCUT2D eigenvalue weighted by molar-refractivity contribution is 7.91. The molecule has 5 rings (SSSR count). The molecular weight excluding hydrogens is 444 g/mol. The van der Waals surface area contributed by atoms with E-state index in [4.69, 9.17) is 9.15 Å². The van der Waals surface area contributed by atoms with E-state index in [2.05, 4.69) is 10.00 Å². The van der Waals surface area contributed by atoms with E-state index in [1.54, 1.807) is 18.1 Å². The molecule has 0 bridgehead atoms. The molecular formula is C23H28N4O5S. The number of aryl methyl sites for hydroxylation is 1. The van der Waals surface area contributed by atoms with E-state index in [-0.39, 0.29) is 23.5 Å². The van der Waals surface area contributed by atoms with Crippen LogP contribution in [-0.2, 0) is 9.84 Å². The minimum atomic E-state index is -2.98. The average Bonchev–Trinajstić information content (AvgIpc) is 3.47. The van der Waals surface area contributed by atoms with Crippen LogP contribution >= 0.6 is 0 Å². The van der Waals surface area contributed by atoms with Gasteiger partial charge < -0.3 is 19.0 Å². The van der Waals surface area contributed by atoms with Gasteiger partial charge in [0.2, 0.25) is 0 Å². The van der Waals surface area contributed by atoms with Crippen LogP contribution in [0.15, 0.2) is 28.7 Å². The van der Waals surface area contributed by atoms with Crippen molar-refractivity contribution < 1.29 is 22.4 Å². The van der Waals surface area contributed by atoms with Crippen LogP contribution in [0.25, 0.3) is 11.0 Å². The molecule has 2 fully saturated rings. The van der Waals surface area contributed by atoms with Gasteiger partial charge in [0.15, 0.2) is 26.9 Å². The van der Waals surface area contributed by atoms with Crippen LogP contribution < -0.4 is 9.64 Å². The number of sulfone groups is 1. The molecule has 0 spiro atoms. The molecule has 9 nitrogen and oxygen atoms in total. The maximum absolute atomic E-state index is 13.1. The summed E-state index contributed by atoms with van der Waals surface area (Å²) in [7, 11) is -1.40. The van der Waals surface area contributed by atoms with Crippen molar-refractivity contribution >= 4 is 32.4 Å². The largest absolute Gasteiger partial charge is 0.493 e. The van der Waals surface area contributed by atoms with Crippen LogP contribution in [0.4, 0.5) is 5.69 Å². The molecule has 1 atom stereocenters. The lowest BCUT2D eigenvalue weighted by Crippen LogP contribution is -2.49. The third-order valence-electron chi connectivity index (χ3n) is 6.66. The van der Waals surface area contributed by atoms with E-state index in [1.165, 1.54) is 0 Å². The van der Waals surface area contributed by atoms with Crippen LogP contribution in [0, 0.1) is 13.8 Å². The number of methoxy groups -OCH3 is 1. The van der Waals surface area contributed by atoms with Crippen molar-refractivity contribution in [2.75, 3.05) is 49.7 Å². The van der Waals surface area contributed by atoms with Gasteiger partial charge in [-0.05, 0) is 32.4 Å². The van der Waals surface area contributed by atoms with Crippen LogP contribution in [0.3, 0.4) is 0 Å². The van der Waals surface area contributed by atoms with Crippen molar-refractivity contribution in [2.24, 2.45) is 0 Å². The van der Waals surface area contributed by atoms with Gasteiger partial charge in [0.1, 0.15) is 0 Å². The zero-order valence-corrected chi connectivity index (χ0v) is 19.9. The Morgan fingerprint density at radius 2 is 1.94 bits per heavy atom. The fraction of sp³-hybridized carbons (Fsp3) is 0.478. The van der Waals surface area contributed by atoms with Gasteiger partial charge in [0.05, 0.1) is 41.7 Å². The molecule has 33 heavy (non-hydrogen) atoms. The first-order chi connectivity index (χ1) is 15.8. The van der Waals surface area contributed by atoms with E-state index < -0.39 is 9.84 Å². The Morgan fingerprint density at radius 3 is 2.61 bits per heavy atom. The number of nitrogens with zero attached hydrogens (tertiary/aromatic N) is 4.